The first-order valence-electron chi connectivity index (χ1n) is 6.83. The van der Waals surface area contributed by atoms with Gasteiger partial charge in [-0.3, -0.25) is 0 Å². The zero-order valence-corrected chi connectivity index (χ0v) is 13.5. The molecule has 1 fully saturated rings. The molecule has 0 unspecified atom stereocenters. The summed E-state index contributed by atoms with van der Waals surface area (Å²) in [4.78, 5) is 0. The molecule has 0 aromatic heterocycles. The van der Waals surface area contributed by atoms with E-state index >= 15 is 0 Å². The van der Waals surface area contributed by atoms with Crippen LogP contribution in [0.4, 0.5) is 4.39 Å². The van der Waals surface area contributed by atoms with Gasteiger partial charge in [0.05, 0.1) is 27.4 Å². The molecule has 2 aromatic carbocycles. The number of benzene rings is 2. The zero-order chi connectivity index (χ0) is 16.1. The minimum Gasteiger partial charge on any atom is -0.493 e. The highest BCUT2D eigenvalue weighted by Gasteiger charge is 2.17. The van der Waals surface area contributed by atoms with Crippen molar-refractivity contribution in [2.24, 2.45) is 0 Å². The molecular weight excluding hydrogens is 307 g/mol. The Morgan fingerprint density at radius 1 is 1.14 bits per heavy atom. The van der Waals surface area contributed by atoms with Crippen LogP contribution >= 0.6 is 11.6 Å². The van der Waals surface area contributed by atoms with Crippen molar-refractivity contribution in [3.8, 4) is 22.6 Å². The molecule has 22 heavy (non-hydrogen) atoms. The van der Waals surface area contributed by atoms with E-state index in [-0.39, 0.29) is 0 Å². The van der Waals surface area contributed by atoms with Crippen LogP contribution in [0.15, 0.2) is 30.3 Å². The second-order valence-corrected chi connectivity index (χ2v) is 5.14. The van der Waals surface area contributed by atoms with Crippen LogP contribution in [0, 0.1) is 12.7 Å². The minimum absolute atomic E-state index is 0.344. The highest BCUT2D eigenvalue weighted by Crippen LogP contribution is 2.42. The third-order valence-electron chi connectivity index (χ3n) is 3.14. The molecular formula is C17H18ClFO3. The van der Waals surface area contributed by atoms with Gasteiger partial charge in [0.25, 0.3) is 0 Å². The Hall–Kier alpha value is -1.78. The molecule has 2 aromatic rings. The number of rotatable bonds is 3. The van der Waals surface area contributed by atoms with E-state index in [4.69, 9.17) is 21.1 Å². The van der Waals surface area contributed by atoms with Gasteiger partial charge in [0.1, 0.15) is 5.82 Å². The van der Waals surface area contributed by atoms with Crippen molar-refractivity contribution in [3.05, 3.63) is 46.7 Å². The normalized spacial score (nSPS) is 12.2. The molecule has 1 aliphatic rings. The van der Waals surface area contributed by atoms with Gasteiger partial charge in [-0.2, -0.15) is 0 Å². The summed E-state index contributed by atoms with van der Waals surface area (Å²) in [5.41, 5.74) is 2.28. The van der Waals surface area contributed by atoms with Crippen molar-refractivity contribution >= 4 is 11.6 Å². The fourth-order valence-electron chi connectivity index (χ4n) is 2.09. The van der Waals surface area contributed by atoms with Crippen molar-refractivity contribution in [2.75, 3.05) is 27.4 Å². The minimum atomic E-state index is -0.396. The molecule has 1 aliphatic heterocycles. The fourth-order valence-corrected chi connectivity index (χ4v) is 2.41. The number of halogens is 2. The molecule has 0 amide bonds. The summed E-state index contributed by atoms with van der Waals surface area (Å²) in [5.74, 6) is 0.420. The molecule has 0 spiro atoms. The van der Waals surface area contributed by atoms with Gasteiger partial charge < -0.3 is 14.2 Å². The van der Waals surface area contributed by atoms with Crippen molar-refractivity contribution in [2.45, 2.75) is 6.92 Å². The molecule has 0 radical (unpaired) electrons. The van der Waals surface area contributed by atoms with Gasteiger partial charge in [-0.15, -0.1) is 0 Å². The topological polar surface area (TPSA) is 31.0 Å². The highest BCUT2D eigenvalue weighted by molar-refractivity contribution is 6.33. The van der Waals surface area contributed by atoms with Crippen LogP contribution in [0.2, 0.25) is 5.02 Å². The predicted molar refractivity (Wildman–Crippen MR) is 85.5 cm³/mol. The quantitative estimate of drug-likeness (QED) is 0.779. The van der Waals surface area contributed by atoms with E-state index in [1.54, 1.807) is 6.07 Å². The number of hydrogen-bond donors (Lipinski definition) is 0. The summed E-state index contributed by atoms with van der Waals surface area (Å²) >= 11 is 6.22. The number of aryl methyl sites for hydroxylation is 1. The van der Waals surface area contributed by atoms with Crippen LogP contribution in [0.3, 0.4) is 0 Å². The van der Waals surface area contributed by atoms with Crippen molar-refractivity contribution < 1.29 is 18.6 Å². The summed E-state index contributed by atoms with van der Waals surface area (Å²) in [6, 6.07) is 8.22. The number of hydrogen-bond acceptors (Lipinski definition) is 3. The van der Waals surface area contributed by atoms with Crippen LogP contribution in [0.25, 0.3) is 11.1 Å². The Kier molecular flexibility index (Phi) is 5.63. The van der Waals surface area contributed by atoms with Gasteiger partial charge in [0.15, 0.2) is 11.5 Å². The van der Waals surface area contributed by atoms with E-state index in [1.165, 1.54) is 26.4 Å². The van der Waals surface area contributed by atoms with Gasteiger partial charge in [0, 0.05) is 22.2 Å². The Bertz CT molecular complexity index is 634. The van der Waals surface area contributed by atoms with Gasteiger partial charge in [0.2, 0.25) is 0 Å². The molecule has 118 valence electrons. The SMILES string of the molecule is C1CO1.COc1cc(F)cc(-c2c(C)cccc2Cl)c1OC. The summed E-state index contributed by atoms with van der Waals surface area (Å²) in [5, 5.41) is 0.547. The van der Waals surface area contributed by atoms with E-state index in [9.17, 15) is 4.39 Å². The van der Waals surface area contributed by atoms with Gasteiger partial charge >= 0.3 is 0 Å². The van der Waals surface area contributed by atoms with Crippen molar-refractivity contribution in [1.29, 1.82) is 0 Å². The molecule has 1 heterocycles. The third-order valence-corrected chi connectivity index (χ3v) is 3.45. The third kappa shape index (κ3) is 3.90. The first kappa shape index (κ1) is 16.6. The molecule has 1 saturated heterocycles. The van der Waals surface area contributed by atoms with Gasteiger partial charge in [-0.1, -0.05) is 23.7 Å². The summed E-state index contributed by atoms with van der Waals surface area (Å²) < 4.78 is 28.7. The van der Waals surface area contributed by atoms with Crippen molar-refractivity contribution in [1.82, 2.24) is 0 Å². The second-order valence-electron chi connectivity index (χ2n) is 4.73. The van der Waals surface area contributed by atoms with Gasteiger partial charge in [-0.25, -0.2) is 4.39 Å². The summed E-state index contributed by atoms with van der Waals surface area (Å²) in [7, 11) is 2.99. The van der Waals surface area contributed by atoms with E-state index in [0.29, 0.717) is 22.1 Å². The van der Waals surface area contributed by atoms with Crippen LogP contribution in [-0.4, -0.2) is 27.4 Å². The van der Waals surface area contributed by atoms with Gasteiger partial charge in [-0.05, 0) is 24.6 Å². The second kappa shape index (κ2) is 7.47. The largest absolute Gasteiger partial charge is 0.493 e. The lowest BCUT2D eigenvalue weighted by Crippen LogP contribution is -1.96. The Balaban J connectivity index is 0.000000523. The van der Waals surface area contributed by atoms with Crippen LogP contribution < -0.4 is 9.47 Å². The molecule has 0 N–H and O–H groups in total. The number of epoxide rings is 1. The highest BCUT2D eigenvalue weighted by atomic mass is 35.5. The lowest BCUT2D eigenvalue weighted by Gasteiger charge is -2.15. The maximum absolute atomic E-state index is 13.7. The molecule has 0 bridgehead atoms. The van der Waals surface area contributed by atoms with E-state index in [0.717, 1.165) is 24.3 Å². The molecule has 0 atom stereocenters. The Morgan fingerprint density at radius 3 is 2.32 bits per heavy atom. The monoisotopic (exact) mass is 324 g/mol. The van der Waals surface area contributed by atoms with E-state index in [2.05, 4.69) is 4.74 Å². The lowest BCUT2D eigenvalue weighted by atomic mass is 9.99. The molecule has 0 aliphatic carbocycles. The molecule has 0 saturated carbocycles. The fraction of sp³-hybridized carbons (Fsp3) is 0.294. The maximum atomic E-state index is 13.7. The maximum Gasteiger partial charge on any atom is 0.168 e. The van der Waals surface area contributed by atoms with Crippen LogP contribution in [0.5, 0.6) is 11.5 Å². The lowest BCUT2D eigenvalue weighted by molar-refractivity contribution is 0.353. The first-order chi connectivity index (χ1) is 10.6. The number of ether oxygens (including phenoxy) is 3. The molecule has 3 nitrogen and oxygen atoms in total. The standard InChI is InChI=1S/C15H14ClFO2.C2H4O/c1-9-5-4-6-12(16)14(9)11-7-10(17)8-13(18-2)15(11)19-3;1-2-3-1/h4-8H,1-3H3;1-2H2. The average Bonchev–Trinajstić information content (AvgIpc) is 3.35. The summed E-state index contributed by atoms with van der Waals surface area (Å²) in [6.07, 6.45) is 0. The van der Waals surface area contributed by atoms with Crippen molar-refractivity contribution in [3.63, 3.8) is 0 Å². The Morgan fingerprint density at radius 2 is 1.82 bits per heavy atom. The molecule has 3 rings (SSSR count). The van der Waals surface area contributed by atoms with Crippen LogP contribution in [0.1, 0.15) is 5.56 Å². The molecule has 5 heteroatoms. The smallest absolute Gasteiger partial charge is 0.168 e. The predicted octanol–water partition coefficient (Wildman–Crippen LogP) is 4.49. The summed E-state index contributed by atoms with van der Waals surface area (Å²) in [6.45, 7) is 3.91. The average molecular weight is 325 g/mol. The number of methoxy groups -OCH3 is 2. The Labute approximate surface area is 134 Å². The zero-order valence-electron chi connectivity index (χ0n) is 12.8. The first-order valence-corrected chi connectivity index (χ1v) is 7.21. The van der Waals surface area contributed by atoms with Crippen LogP contribution in [-0.2, 0) is 4.74 Å². The van der Waals surface area contributed by atoms with E-state index in [1.807, 2.05) is 19.1 Å². The van der Waals surface area contributed by atoms with E-state index < -0.39 is 5.82 Å².